The van der Waals surface area contributed by atoms with E-state index in [2.05, 4.69) is 5.14 Å². The lowest BCUT2D eigenvalue weighted by atomic mass is 10.1. The van der Waals surface area contributed by atoms with Crippen LogP contribution in [0.4, 0.5) is 8.78 Å². The Hall–Kier alpha value is -0.270. The van der Waals surface area contributed by atoms with Gasteiger partial charge in [0.25, 0.3) is 16.6 Å². The van der Waals surface area contributed by atoms with E-state index in [1.807, 2.05) is 0 Å². The molecular weight excluding hydrogens is 178 g/mol. The Balaban J connectivity index is 4.38. The average molecular weight is 188 g/mol. The lowest BCUT2D eigenvalue weighted by Crippen LogP contribution is -2.51. The SMILES string of the molecule is CC(C)(NS(N)(=O)=O)C(F)F. The van der Waals surface area contributed by atoms with Crippen molar-refractivity contribution in [1.82, 2.24) is 4.72 Å². The molecule has 0 aliphatic rings. The van der Waals surface area contributed by atoms with Crippen molar-refractivity contribution in [3.05, 3.63) is 0 Å². The molecule has 0 fully saturated rings. The molecule has 0 heterocycles. The number of rotatable bonds is 3. The molecule has 0 rings (SSSR count). The fourth-order valence-electron chi connectivity index (χ4n) is 0.411. The van der Waals surface area contributed by atoms with Gasteiger partial charge in [0.15, 0.2) is 0 Å². The average Bonchev–Trinajstić information content (AvgIpc) is 1.56. The lowest BCUT2D eigenvalue weighted by molar-refractivity contribution is 0.0644. The minimum absolute atomic E-state index is 1.04. The molecule has 0 aromatic carbocycles. The van der Waals surface area contributed by atoms with E-state index in [0.717, 1.165) is 13.8 Å². The Morgan fingerprint density at radius 2 is 1.82 bits per heavy atom. The third-order valence-corrected chi connectivity index (χ3v) is 1.76. The zero-order valence-electron chi connectivity index (χ0n) is 6.14. The van der Waals surface area contributed by atoms with E-state index >= 15 is 0 Å². The Labute approximate surface area is 64.0 Å². The highest BCUT2D eigenvalue weighted by Crippen LogP contribution is 2.13. The van der Waals surface area contributed by atoms with Gasteiger partial charge in [-0.05, 0) is 13.8 Å². The zero-order valence-corrected chi connectivity index (χ0v) is 6.95. The summed E-state index contributed by atoms with van der Waals surface area (Å²) in [7, 11) is -4.06. The summed E-state index contributed by atoms with van der Waals surface area (Å²) >= 11 is 0. The highest BCUT2D eigenvalue weighted by Gasteiger charge is 2.32. The second-order valence-electron chi connectivity index (χ2n) is 2.67. The Morgan fingerprint density at radius 1 is 1.45 bits per heavy atom. The largest absolute Gasteiger partial charge is 0.275 e. The maximum absolute atomic E-state index is 12.0. The van der Waals surface area contributed by atoms with Crippen LogP contribution in [0.1, 0.15) is 13.8 Å². The van der Waals surface area contributed by atoms with E-state index in [9.17, 15) is 17.2 Å². The number of nitrogens with one attached hydrogen (secondary N) is 1. The zero-order chi connectivity index (χ0) is 9.28. The van der Waals surface area contributed by atoms with Gasteiger partial charge in [-0.1, -0.05) is 0 Å². The van der Waals surface area contributed by atoms with Crippen LogP contribution in [0.15, 0.2) is 0 Å². The summed E-state index contributed by atoms with van der Waals surface area (Å²) in [5.41, 5.74) is -1.81. The minimum atomic E-state index is -4.06. The Bertz CT molecular complexity index is 224. The maximum Gasteiger partial charge on any atom is 0.275 e. The summed E-state index contributed by atoms with van der Waals surface area (Å²) in [4.78, 5) is 0. The summed E-state index contributed by atoms with van der Waals surface area (Å²) in [6.45, 7) is 2.09. The van der Waals surface area contributed by atoms with Gasteiger partial charge < -0.3 is 0 Å². The third-order valence-electron chi connectivity index (χ3n) is 0.951. The second-order valence-corrected chi connectivity index (χ2v) is 3.96. The third kappa shape index (κ3) is 4.23. The molecule has 0 aliphatic heterocycles. The molecule has 0 aliphatic carbocycles. The summed E-state index contributed by atoms with van der Waals surface area (Å²) < 4.78 is 46.1. The standard InChI is InChI=1S/C4H10F2N2O2S/c1-4(2,3(5)6)8-11(7,9)10/h3,8H,1-2H3,(H2,7,9,10). The van der Waals surface area contributed by atoms with Crippen molar-refractivity contribution < 1.29 is 17.2 Å². The summed E-state index contributed by atoms with van der Waals surface area (Å²) in [6.07, 6.45) is -2.79. The first-order valence-corrected chi connectivity index (χ1v) is 4.29. The van der Waals surface area contributed by atoms with Crippen LogP contribution < -0.4 is 9.86 Å². The quantitative estimate of drug-likeness (QED) is 0.645. The molecule has 3 N–H and O–H groups in total. The lowest BCUT2D eigenvalue weighted by Gasteiger charge is -2.22. The predicted molar refractivity (Wildman–Crippen MR) is 36.3 cm³/mol. The monoisotopic (exact) mass is 188 g/mol. The van der Waals surface area contributed by atoms with Crippen LogP contribution in [-0.2, 0) is 10.2 Å². The Morgan fingerprint density at radius 3 is 1.91 bits per heavy atom. The molecule has 7 heteroatoms. The molecule has 11 heavy (non-hydrogen) atoms. The first-order valence-electron chi connectivity index (χ1n) is 2.75. The van der Waals surface area contributed by atoms with Crippen LogP contribution in [0.5, 0.6) is 0 Å². The van der Waals surface area contributed by atoms with Crippen LogP contribution in [0, 0.1) is 0 Å². The summed E-state index contributed by atoms with van der Waals surface area (Å²) in [6, 6.07) is 0. The van der Waals surface area contributed by atoms with E-state index in [0.29, 0.717) is 0 Å². The molecule has 0 saturated carbocycles. The van der Waals surface area contributed by atoms with E-state index in [4.69, 9.17) is 0 Å². The van der Waals surface area contributed by atoms with Crippen molar-refractivity contribution in [2.75, 3.05) is 0 Å². The first-order chi connectivity index (χ1) is 4.65. The predicted octanol–water partition coefficient (Wildman–Crippen LogP) is -0.177. The number of hydrogen-bond donors (Lipinski definition) is 2. The van der Waals surface area contributed by atoms with Crippen LogP contribution in [0.3, 0.4) is 0 Å². The van der Waals surface area contributed by atoms with Crippen LogP contribution in [0.2, 0.25) is 0 Å². The van der Waals surface area contributed by atoms with Crippen molar-refractivity contribution in [2.45, 2.75) is 25.8 Å². The summed E-state index contributed by atoms with van der Waals surface area (Å²) in [5.74, 6) is 0. The molecule has 0 aromatic heterocycles. The first kappa shape index (κ1) is 10.7. The van der Waals surface area contributed by atoms with Crippen molar-refractivity contribution in [3.8, 4) is 0 Å². The van der Waals surface area contributed by atoms with Crippen LogP contribution >= 0.6 is 0 Å². The molecule has 0 aromatic rings. The molecule has 0 saturated heterocycles. The molecule has 0 bridgehead atoms. The van der Waals surface area contributed by atoms with Gasteiger partial charge in [0, 0.05) is 0 Å². The number of alkyl halides is 2. The van der Waals surface area contributed by atoms with Gasteiger partial charge >= 0.3 is 0 Å². The molecule has 0 amide bonds. The van der Waals surface area contributed by atoms with Crippen molar-refractivity contribution >= 4 is 10.2 Å². The van der Waals surface area contributed by atoms with Crippen molar-refractivity contribution in [2.24, 2.45) is 5.14 Å². The van der Waals surface area contributed by atoms with Gasteiger partial charge in [-0.25, -0.2) is 13.9 Å². The van der Waals surface area contributed by atoms with Crippen LogP contribution in [0.25, 0.3) is 0 Å². The Kier molecular flexibility index (Phi) is 2.92. The fraction of sp³-hybridized carbons (Fsp3) is 1.00. The van der Waals surface area contributed by atoms with Gasteiger partial charge in [0.05, 0.1) is 5.54 Å². The number of nitrogens with two attached hydrogens (primary N) is 1. The van der Waals surface area contributed by atoms with Crippen LogP contribution in [-0.4, -0.2) is 20.4 Å². The smallest absolute Gasteiger partial charge is 0.216 e. The van der Waals surface area contributed by atoms with Gasteiger partial charge in [-0.3, -0.25) is 0 Å². The second kappa shape index (κ2) is 3.00. The van der Waals surface area contributed by atoms with Gasteiger partial charge in [-0.15, -0.1) is 0 Å². The van der Waals surface area contributed by atoms with Gasteiger partial charge in [-0.2, -0.15) is 13.1 Å². The van der Waals surface area contributed by atoms with Crippen molar-refractivity contribution in [1.29, 1.82) is 0 Å². The van der Waals surface area contributed by atoms with E-state index in [1.165, 1.54) is 0 Å². The summed E-state index contributed by atoms with van der Waals surface area (Å²) in [5, 5.41) is 4.49. The molecule has 0 unspecified atom stereocenters. The van der Waals surface area contributed by atoms with E-state index in [1.54, 1.807) is 4.72 Å². The maximum atomic E-state index is 12.0. The number of hydrogen-bond acceptors (Lipinski definition) is 2. The fourth-order valence-corrected chi connectivity index (χ4v) is 1.23. The molecule has 68 valence electrons. The minimum Gasteiger partial charge on any atom is -0.216 e. The van der Waals surface area contributed by atoms with E-state index < -0.39 is 22.2 Å². The molecule has 0 atom stereocenters. The highest BCUT2D eigenvalue weighted by molar-refractivity contribution is 7.87. The molecular formula is C4H10F2N2O2S. The highest BCUT2D eigenvalue weighted by atomic mass is 32.2. The number of halogens is 2. The molecule has 0 spiro atoms. The van der Waals surface area contributed by atoms with Crippen molar-refractivity contribution in [3.63, 3.8) is 0 Å². The molecule has 0 radical (unpaired) electrons. The topological polar surface area (TPSA) is 72.2 Å². The normalized spacial score (nSPS) is 14.0. The van der Waals surface area contributed by atoms with Gasteiger partial charge in [0.1, 0.15) is 0 Å². The molecule has 4 nitrogen and oxygen atoms in total. The van der Waals surface area contributed by atoms with E-state index in [-0.39, 0.29) is 0 Å². The van der Waals surface area contributed by atoms with Gasteiger partial charge in [0.2, 0.25) is 0 Å².